The number of ether oxygens (including phenoxy) is 5. The molecule has 1 heterocycles. The van der Waals surface area contributed by atoms with E-state index in [0.717, 1.165) is 109 Å². The fourth-order valence-electron chi connectivity index (χ4n) is 7.72. The zero-order valence-electron chi connectivity index (χ0n) is 38.0. The van der Waals surface area contributed by atoms with Crippen molar-refractivity contribution < 1.29 is 33.3 Å². The summed E-state index contributed by atoms with van der Waals surface area (Å²) in [6.07, 6.45) is 36.5. The summed E-state index contributed by atoms with van der Waals surface area (Å²) < 4.78 is 29.4. The Morgan fingerprint density at radius 2 is 1.23 bits per heavy atom. The van der Waals surface area contributed by atoms with Crippen LogP contribution in [0.15, 0.2) is 24.3 Å². The van der Waals surface area contributed by atoms with E-state index in [9.17, 15) is 9.59 Å². The number of likely N-dealkylation sites (tertiary alicyclic amines) is 1. The molecule has 0 radical (unpaired) electrons. The molecule has 0 saturated carbocycles. The number of hydrogen-bond donors (Lipinski definition) is 0. The molecule has 0 spiro atoms. The summed E-state index contributed by atoms with van der Waals surface area (Å²) in [4.78, 5) is 28.1. The Labute approximate surface area is 352 Å². The second-order valence-corrected chi connectivity index (χ2v) is 16.5. The molecule has 1 fully saturated rings. The Bertz CT molecular complexity index is 937. The maximum Gasteiger partial charge on any atom is 0.508 e. The maximum absolute atomic E-state index is 12.9. The third-order valence-corrected chi connectivity index (χ3v) is 11.3. The van der Waals surface area contributed by atoms with Gasteiger partial charge in [-0.3, -0.25) is 4.79 Å². The normalized spacial score (nSPS) is 15.7. The molecule has 0 aromatic heterocycles. The van der Waals surface area contributed by atoms with Gasteiger partial charge in [-0.25, -0.2) is 4.79 Å². The number of esters is 1. The van der Waals surface area contributed by atoms with E-state index in [2.05, 4.69) is 63.8 Å². The van der Waals surface area contributed by atoms with Crippen LogP contribution >= 0.6 is 0 Å². The molecule has 1 aliphatic rings. The Morgan fingerprint density at radius 1 is 0.632 bits per heavy atom. The summed E-state index contributed by atoms with van der Waals surface area (Å²) in [5.74, 6) is 0.968. The first-order valence-electron chi connectivity index (χ1n) is 24.2. The summed E-state index contributed by atoms with van der Waals surface area (Å²) in [6.45, 7) is 16.2. The van der Waals surface area contributed by atoms with Crippen LogP contribution in [0, 0.1) is 11.8 Å². The van der Waals surface area contributed by atoms with Crippen molar-refractivity contribution in [1.82, 2.24) is 4.90 Å². The molecule has 1 saturated heterocycles. The summed E-state index contributed by atoms with van der Waals surface area (Å²) in [6, 6.07) is 0. The van der Waals surface area contributed by atoms with Gasteiger partial charge in [0.15, 0.2) is 6.29 Å². The zero-order chi connectivity index (χ0) is 41.4. The molecule has 1 rings (SSSR count). The highest BCUT2D eigenvalue weighted by molar-refractivity contribution is 5.69. The molecule has 57 heavy (non-hydrogen) atoms. The Hall–Kier alpha value is -1.90. The zero-order valence-corrected chi connectivity index (χ0v) is 38.0. The minimum Gasteiger partial charge on any atom is -0.466 e. The summed E-state index contributed by atoms with van der Waals surface area (Å²) in [5, 5.41) is 0. The third-order valence-electron chi connectivity index (χ3n) is 11.3. The minimum atomic E-state index is -0.557. The van der Waals surface area contributed by atoms with Gasteiger partial charge in [-0.15, -0.1) is 0 Å². The van der Waals surface area contributed by atoms with Gasteiger partial charge >= 0.3 is 12.1 Å². The average molecular weight is 806 g/mol. The number of carbonyl (C=O) groups is 2. The second kappa shape index (κ2) is 39.6. The molecule has 8 nitrogen and oxygen atoms in total. The number of nitrogens with zero attached hydrogens (tertiary/aromatic N) is 1. The topological polar surface area (TPSA) is 83.5 Å². The van der Waals surface area contributed by atoms with Gasteiger partial charge in [0.05, 0.1) is 19.6 Å². The van der Waals surface area contributed by atoms with E-state index in [1.807, 2.05) is 0 Å². The molecular weight excluding hydrogens is 715 g/mol. The molecule has 0 N–H and O–H groups in total. The molecule has 1 aliphatic heterocycles. The summed E-state index contributed by atoms with van der Waals surface area (Å²) >= 11 is 0. The van der Waals surface area contributed by atoms with E-state index in [1.54, 1.807) is 0 Å². The highest BCUT2D eigenvalue weighted by Crippen LogP contribution is 2.25. The van der Waals surface area contributed by atoms with Crippen molar-refractivity contribution in [2.45, 2.75) is 220 Å². The van der Waals surface area contributed by atoms with E-state index in [0.29, 0.717) is 51.6 Å². The molecule has 2 atom stereocenters. The van der Waals surface area contributed by atoms with Crippen LogP contribution in [0.3, 0.4) is 0 Å². The Kier molecular flexibility index (Phi) is 36.9. The molecule has 0 bridgehead atoms. The number of piperidine rings is 1. The second-order valence-electron chi connectivity index (χ2n) is 16.5. The number of unbranched alkanes of at least 4 members (excludes halogenated alkanes) is 10. The highest BCUT2D eigenvalue weighted by Gasteiger charge is 2.22. The monoisotopic (exact) mass is 806 g/mol. The largest absolute Gasteiger partial charge is 0.508 e. The molecule has 0 amide bonds. The molecule has 8 heteroatoms. The van der Waals surface area contributed by atoms with Crippen molar-refractivity contribution in [3.63, 3.8) is 0 Å². The first-order chi connectivity index (χ1) is 27.9. The predicted octanol–water partition coefficient (Wildman–Crippen LogP) is 13.7. The van der Waals surface area contributed by atoms with Crippen LogP contribution < -0.4 is 0 Å². The lowest BCUT2D eigenvalue weighted by Gasteiger charge is -2.31. The van der Waals surface area contributed by atoms with E-state index in [-0.39, 0.29) is 18.5 Å². The van der Waals surface area contributed by atoms with Crippen LogP contribution in [0.5, 0.6) is 0 Å². The SMILES string of the molecule is CC/C=C\CCCCOC(CCC(=O)OCCCC(CCCCCC(CCCCC)CCCCC)OC(=O)OCC1CCCN(CC)C1)OCCCC/C=C\CC. The molecular formula is C49H91NO7. The van der Waals surface area contributed by atoms with Crippen LogP contribution in [0.1, 0.15) is 208 Å². The first kappa shape index (κ1) is 53.1. The fraction of sp³-hybridized carbons (Fsp3) is 0.878. The number of hydrogen-bond acceptors (Lipinski definition) is 8. The van der Waals surface area contributed by atoms with E-state index < -0.39 is 12.4 Å². The number of rotatable bonds is 39. The van der Waals surface area contributed by atoms with Crippen molar-refractivity contribution in [3.05, 3.63) is 24.3 Å². The van der Waals surface area contributed by atoms with Gasteiger partial charge in [0, 0.05) is 32.1 Å². The van der Waals surface area contributed by atoms with E-state index in [1.165, 1.54) is 64.2 Å². The van der Waals surface area contributed by atoms with Crippen molar-refractivity contribution in [1.29, 1.82) is 0 Å². The van der Waals surface area contributed by atoms with Crippen LogP contribution in [-0.4, -0.2) is 75.5 Å². The van der Waals surface area contributed by atoms with Crippen LogP contribution in [0.4, 0.5) is 4.79 Å². The molecule has 2 unspecified atom stereocenters. The number of carbonyl (C=O) groups excluding carboxylic acids is 2. The van der Waals surface area contributed by atoms with Crippen molar-refractivity contribution in [2.75, 3.05) is 46.1 Å². The Balaban J connectivity index is 2.59. The van der Waals surface area contributed by atoms with Crippen molar-refractivity contribution >= 4 is 12.1 Å². The van der Waals surface area contributed by atoms with Gasteiger partial charge in [-0.05, 0) is 109 Å². The van der Waals surface area contributed by atoms with Crippen LogP contribution in [-0.2, 0) is 28.5 Å². The van der Waals surface area contributed by atoms with Gasteiger partial charge in [-0.1, -0.05) is 130 Å². The van der Waals surface area contributed by atoms with E-state index in [4.69, 9.17) is 23.7 Å². The lowest BCUT2D eigenvalue weighted by atomic mass is 9.90. The third kappa shape index (κ3) is 32.6. The first-order valence-corrected chi connectivity index (χ1v) is 24.2. The summed E-state index contributed by atoms with van der Waals surface area (Å²) in [5.41, 5.74) is 0. The Morgan fingerprint density at radius 3 is 1.82 bits per heavy atom. The van der Waals surface area contributed by atoms with Crippen molar-refractivity contribution in [3.8, 4) is 0 Å². The van der Waals surface area contributed by atoms with Gasteiger partial charge in [0.25, 0.3) is 0 Å². The van der Waals surface area contributed by atoms with Gasteiger partial charge in [0.2, 0.25) is 0 Å². The molecule has 0 aromatic rings. The van der Waals surface area contributed by atoms with Gasteiger partial charge in [-0.2, -0.15) is 0 Å². The van der Waals surface area contributed by atoms with Crippen molar-refractivity contribution in [2.24, 2.45) is 11.8 Å². The molecule has 0 aromatic carbocycles. The maximum atomic E-state index is 12.9. The van der Waals surface area contributed by atoms with Crippen LogP contribution in [0.25, 0.3) is 0 Å². The fourth-order valence-corrected chi connectivity index (χ4v) is 7.72. The lowest BCUT2D eigenvalue weighted by molar-refractivity contribution is -0.159. The van der Waals surface area contributed by atoms with E-state index >= 15 is 0 Å². The standard InChI is InChI=1S/C49H91NO7/c1-6-11-15-17-19-26-39-54-48(55-40-27-20-18-16-12-7-2)37-36-47(51)53-41-29-35-46(57-49(52)56-43-45-33-28-38-50(10-5)42-45)34-25-21-24-32-44(30-22-13-8-3)31-23-14-9-4/h11-12,15-16,44-46,48H,6-10,13-14,17-43H2,1-5H3/b15-11-,16-12-. The lowest BCUT2D eigenvalue weighted by Crippen LogP contribution is -2.37. The van der Waals surface area contributed by atoms with Crippen LogP contribution in [0.2, 0.25) is 0 Å². The summed E-state index contributed by atoms with van der Waals surface area (Å²) in [7, 11) is 0. The predicted molar refractivity (Wildman–Crippen MR) is 238 cm³/mol. The van der Waals surface area contributed by atoms with Gasteiger partial charge in [0.1, 0.15) is 6.10 Å². The minimum absolute atomic E-state index is 0.235. The average Bonchev–Trinajstić information content (AvgIpc) is 3.22. The highest BCUT2D eigenvalue weighted by atomic mass is 16.7. The molecule has 334 valence electrons. The smallest absolute Gasteiger partial charge is 0.466 e. The molecule has 0 aliphatic carbocycles. The van der Waals surface area contributed by atoms with Gasteiger partial charge < -0.3 is 28.6 Å². The number of allylic oxidation sites excluding steroid dienone is 4. The quantitative estimate of drug-likeness (QED) is 0.0263.